The number of nitrogens with one attached hydrogen (secondary N) is 3. The van der Waals surface area contributed by atoms with E-state index in [1.165, 1.54) is 25.1 Å². The number of halogens is 4. The van der Waals surface area contributed by atoms with Gasteiger partial charge in [-0.1, -0.05) is 42.0 Å². The minimum atomic E-state index is -4.14. The van der Waals surface area contributed by atoms with Gasteiger partial charge in [-0.2, -0.15) is 15.8 Å². The molecular weight excluding hydrogens is 1370 g/mol. The third-order valence-electron chi connectivity index (χ3n) is 15.9. The number of hydrogen-bond acceptors (Lipinski definition) is 23. The average Bonchev–Trinajstić information content (AvgIpc) is 0.779. The molecule has 3 aliphatic heterocycles. The summed E-state index contributed by atoms with van der Waals surface area (Å²) in [5, 5.41) is 37.5. The van der Waals surface area contributed by atoms with Gasteiger partial charge < -0.3 is 29.3 Å². The number of pyridine rings is 3. The highest BCUT2D eigenvalue weighted by molar-refractivity contribution is 7.89. The maximum Gasteiger partial charge on any atom is 0.340 e. The van der Waals surface area contributed by atoms with Crippen LogP contribution in [0.2, 0.25) is 0 Å². The number of anilines is 3. The van der Waals surface area contributed by atoms with E-state index in [0.717, 1.165) is 42.0 Å². The number of piperidine rings is 2. The minimum Gasteiger partial charge on any atom is -0.478 e. The molecule has 4 N–H and O–H groups in total. The normalized spacial score (nSPS) is 14.2. The molecule has 6 heterocycles. The number of ether oxygens (including phenoxy) is 2. The molecule has 3 saturated heterocycles. The molecule has 9 rings (SSSR count). The van der Waals surface area contributed by atoms with E-state index in [1.54, 1.807) is 55.7 Å². The van der Waals surface area contributed by atoms with Crippen LogP contribution in [0.5, 0.6) is 0 Å². The monoisotopic (exact) mass is 1440 g/mol. The second kappa shape index (κ2) is 33.3. The maximum absolute atomic E-state index is 13.3. The van der Waals surface area contributed by atoms with Gasteiger partial charge in [0, 0.05) is 51.1 Å². The van der Waals surface area contributed by atoms with Crippen LogP contribution in [-0.2, 0) is 71.2 Å². The second-order valence-corrected chi connectivity index (χ2v) is 28.5. The zero-order chi connectivity index (χ0) is 73.6. The van der Waals surface area contributed by atoms with Gasteiger partial charge in [-0.15, -0.1) is 0 Å². The summed E-state index contributed by atoms with van der Waals surface area (Å²) in [6.07, 6.45) is 1.43. The number of benzene rings is 3. The SMILES string of the molecule is CCOC(=O)c1cc(C#N)c(N2CCC(C(=O)NS(=O)(=O)Cc3ccc(F)c(F)c3)CC2)nc1C.CCOC(=O)c1cc(C#N)c(N2CCC(C(=O)NS(=O)(=O)Cc3cccc(C)c3)CC2)nc1C.Cc1nc(N2CC(C(=O)NS(=O)(=O)Cc3ccc(F)c(F)c3)C2)c(C#N)cc1C(=O)O. The quantitative estimate of drug-likeness (QED) is 0.0467. The molecule has 0 saturated carbocycles. The molecule has 27 nitrogen and oxygen atoms in total. The summed E-state index contributed by atoms with van der Waals surface area (Å²) in [4.78, 5) is 91.1. The van der Waals surface area contributed by atoms with Crippen molar-refractivity contribution in [2.24, 2.45) is 17.8 Å². The maximum atomic E-state index is 13.3. The van der Waals surface area contributed by atoms with Crippen LogP contribution >= 0.6 is 0 Å². The first kappa shape index (κ1) is 76.7. The van der Waals surface area contributed by atoms with E-state index in [1.807, 2.05) is 39.5 Å². The Bertz CT molecular complexity index is 4660. The van der Waals surface area contributed by atoms with Crippen LogP contribution in [0.25, 0.3) is 0 Å². The van der Waals surface area contributed by atoms with Gasteiger partial charge in [-0.05, 0) is 126 Å². The summed E-state index contributed by atoms with van der Waals surface area (Å²) in [6.45, 7) is 12.1. The second-order valence-electron chi connectivity index (χ2n) is 23.3. The Labute approximate surface area is 573 Å². The Morgan fingerprint density at radius 2 is 0.830 bits per heavy atom. The van der Waals surface area contributed by atoms with Crippen molar-refractivity contribution in [3.63, 3.8) is 0 Å². The van der Waals surface area contributed by atoms with Gasteiger partial charge in [0.05, 0.1) is 86.9 Å². The van der Waals surface area contributed by atoms with Crippen LogP contribution in [0.4, 0.5) is 35.0 Å². The molecule has 3 aliphatic rings. The third kappa shape index (κ3) is 20.3. The Morgan fingerprint density at radius 1 is 0.490 bits per heavy atom. The number of esters is 2. The van der Waals surface area contributed by atoms with Gasteiger partial charge >= 0.3 is 17.9 Å². The molecule has 0 radical (unpaired) electrons. The van der Waals surface area contributed by atoms with Crippen molar-refractivity contribution in [1.82, 2.24) is 29.1 Å². The van der Waals surface area contributed by atoms with Crippen molar-refractivity contribution in [1.29, 1.82) is 15.8 Å². The van der Waals surface area contributed by atoms with Crippen molar-refractivity contribution >= 4 is 83.2 Å². The molecule has 6 aromatic rings. The number of aromatic carboxylic acids is 1. The van der Waals surface area contributed by atoms with Gasteiger partial charge in [0.1, 0.15) is 35.7 Å². The Balaban J connectivity index is 0.000000211. The highest BCUT2D eigenvalue weighted by atomic mass is 32.2. The standard InChI is InChI=1S/C24H28N4O5S.C23H24F2N4O5S.C19H16F2N4O5S/c1-4-33-24(30)21-13-20(14-25)22(26-17(21)3)28-10-8-19(9-11-28)23(29)27-34(31,32)15-18-7-5-6-16(2)12-18;1-3-34-23(31)18-11-17(12-26)21(27-14(18)2)29-8-6-16(7-9-29)22(30)28-35(32,33)13-15-4-5-19(24)20(25)10-15;1-10-14(19(27)28)5-12(6-22)17(23-10)25-7-13(8-25)18(26)24-31(29,30)9-11-2-3-15(20)16(21)4-11/h5-7,12-13,19H,4,8-11,15H2,1-3H3,(H,27,29);4-5,10-11,16H,3,6-9,13H2,1-2H3,(H,28,30);2-5,13H,7-9H2,1H3,(H,24,26)(H,27,28). The van der Waals surface area contributed by atoms with Crippen molar-refractivity contribution in [2.45, 2.75) is 84.5 Å². The number of aromatic nitrogens is 3. The fourth-order valence-corrected chi connectivity index (χ4v) is 14.3. The lowest BCUT2D eigenvalue weighted by Gasteiger charge is -2.39. The van der Waals surface area contributed by atoms with E-state index in [9.17, 15) is 87.4 Å². The van der Waals surface area contributed by atoms with Crippen LogP contribution in [0.3, 0.4) is 0 Å². The van der Waals surface area contributed by atoms with Crippen LogP contribution in [0.1, 0.15) is 127 Å². The van der Waals surface area contributed by atoms with E-state index in [2.05, 4.69) is 25.7 Å². The molecule has 528 valence electrons. The summed E-state index contributed by atoms with van der Waals surface area (Å²) in [5.74, 6) is -11.3. The van der Waals surface area contributed by atoms with Gasteiger partial charge in [0.15, 0.2) is 23.3 Å². The summed E-state index contributed by atoms with van der Waals surface area (Å²) in [6, 6.07) is 22.6. The molecule has 100 heavy (non-hydrogen) atoms. The highest BCUT2D eigenvalue weighted by Gasteiger charge is 2.38. The largest absolute Gasteiger partial charge is 0.478 e. The number of amides is 3. The molecule has 3 aromatic heterocycles. The fraction of sp³-hybridized carbons (Fsp3) is 0.364. The number of hydrogen-bond donors (Lipinski definition) is 4. The number of nitrogens with zero attached hydrogens (tertiary/aromatic N) is 9. The zero-order valence-corrected chi connectivity index (χ0v) is 57.2. The van der Waals surface area contributed by atoms with Gasteiger partial charge in [-0.25, -0.2) is 72.2 Å². The molecule has 0 bridgehead atoms. The predicted molar refractivity (Wildman–Crippen MR) is 352 cm³/mol. The molecule has 34 heteroatoms. The van der Waals surface area contributed by atoms with Crippen molar-refractivity contribution < 1.29 is 86.2 Å². The predicted octanol–water partition coefficient (Wildman–Crippen LogP) is 6.51. The number of rotatable bonds is 20. The van der Waals surface area contributed by atoms with E-state index in [0.29, 0.717) is 80.4 Å². The summed E-state index contributed by atoms with van der Waals surface area (Å²) in [5.41, 5.74) is 3.40. The van der Waals surface area contributed by atoms with E-state index in [4.69, 9.17) is 14.6 Å². The zero-order valence-electron chi connectivity index (χ0n) is 54.8. The Morgan fingerprint density at radius 3 is 1.17 bits per heavy atom. The molecule has 3 fully saturated rings. The van der Waals surface area contributed by atoms with E-state index in [-0.39, 0.29) is 88.1 Å². The Hall–Kier alpha value is -10.6. The fourth-order valence-electron chi connectivity index (χ4n) is 10.9. The number of carboxylic acids is 1. The number of carboxylic acid groups (broad SMARTS) is 1. The summed E-state index contributed by atoms with van der Waals surface area (Å²) >= 11 is 0. The lowest BCUT2D eigenvalue weighted by atomic mass is 9.96. The first-order valence-corrected chi connectivity index (χ1v) is 35.8. The molecule has 0 unspecified atom stereocenters. The topological polar surface area (TPSA) is 399 Å². The van der Waals surface area contributed by atoms with Crippen molar-refractivity contribution in [3.8, 4) is 18.2 Å². The van der Waals surface area contributed by atoms with E-state index >= 15 is 0 Å². The molecule has 0 aliphatic carbocycles. The number of carbonyl (C=O) groups is 6. The first-order valence-electron chi connectivity index (χ1n) is 30.8. The lowest BCUT2D eigenvalue weighted by Crippen LogP contribution is -2.55. The van der Waals surface area contributed by atoms with Crippen LogP contribution in [0.15, 0.2) is 78.9 Å². The highest BCUT2D eigenvalue weighted by Crippen LogP contribution is 2.31. The molecular formula is C66H68F4N12O15S3. The molecule has 3 aromatic carbocycles. The number of aryl methyl sites for hydroxylation is 4. The van der Waals surface area contributed by atoms with Crippen LogP contribution in [0, 0.1) is 103 Å². The number of carbonyl (C=O) groups excluding carboxylic acids is 5. The molecule has 3 amide bonds. The molecule has 0 spiro atoms. The number of sulfonamides is 3. The van der Waals surface area contributed by atoms with Gasteiger partial charge in [0.25, 0.3) is 0 Å². The van der Waals surface area contributed by atoms with Crippen LogP contribution in [-0.4, -0.2) is 133 Å². The van der Waals surface area contributed by atoms with Crippen LogP contribution < -0.4 is 28.9 Å². The van der Waals surface area contributed by atoms with Crippen molar-refractivity contribution in [2.75, 3.05) is 67.2 Å². The average molecular weight is 1440 g/mol. The molecule has 0 atom stereocenters. The summed E-state index contributed by atoms with van der Waals surface area (Å²) < 4.78 is 143. The van der Waals surface area contributed by atoms with Gasteiger partial charge in [0.2, 0.25) is 47.8 Å². The number of nitriles is 3. The first-order chi connectivity index (χ1) is 47.2. The smallest absolute Gasteiger partial charge is 0.340 e. The van der Waals surface area contributed by atoms with E-state index < -0.39 is 118 Å². The lowest BCUT2D eigenvalue weighted by molar-refractivity contribution is -0.124. The van der Waals surface area contributed by atoms with Crippen molar-refractivity contribution in [3.05, 3.63) is 175 Å². The van der Waals surface area contributed by atoms with Gasteiger partial charge in [-0.3, -0.25) is 28.5 Å². The third-order valence-corrected chi connectivity index (χ3v) is 19.6. The summed E-state index contributed by atoms with van der Waals surface area (Å²) in [7, 11) is -12.1. The Kier molecular flexibility index (Phi) is 25.5. The minimum absolute atomic E-state index is 0.00996.